The quantitative estimate of drug-likeness (QED) is 0.569. The molecular formula is C8H17N3O. The first-order valence-electron chi connectivity index (χ1n) is 4.50. The minimum absolute atomic E-state index is 0.0963. The zero-order chi connectivity index (χ0) is 8.97. The fourth-order valence-electron chi connectivity index (χ4n) is 1.29. The van der Waals surface area contributed by atoms with Gasteiger partial charge in [0.2, 0.25) is 5.91 Å². The Morgan fingerprint density at radius 2 is 2.17 bits per heavy atom. The van der Waals surface area contributed by atoms with Crippen LogP contribution >= 0.6 is 0 Å². The van der Waals surface area contributed by atoms with Crippen molar-refractivity contribution in [3.8, 4) is 0 Å². The summed E-state index contributed by atoms with van der Waals surface area (Å²) in [5, 5.41) is 3.19. The zero-order valence-corrected chi connectivity index (χ0v) is 7.55. The van der Waals surface area contributed by atoms with Crippen molar-refractivity contribution in [1.29, 1.82) is 0 Å². The van der Waals surface area contributed by atoms with Crippen LogP contribution in [0.1, 0.15) is 13.3 Å². The molecule has 12 heavy (non-hydrogen) atoms. The standard InChI is InChI=1S/C8H17N3O/c1-2-7(9)8(12)11-5-3-10-4-6-11/h7,10H,2-6,9H2,1H3. The molecule has 70 valence electrons. The van der Waals surface area contributed by atoms with Gasteiger partial charge in [-0.05, 0) is 6.42 Å². The molecule has 0 aliphatic carbocycles. The Kier molecular flexibility index (Phi) is 3.49. The molecule has 1 aliphatic rings. The first-order valence-corrected chi connectivity index (χ1v) is 4.50. The van der Waals surface area contributed by atoms with Crippen molar-refractivity contribution in [2.75, 3.05) is 26.2 Å². The summed E-state index contributed by atoms with van der Waals surface area (Å²) in [5.41, 5.74) is 5.64. The van der Waals surface area contributed by atoms with Crippen LogP contribution in [-0.4, -0.2) is 43.0 Å². The molecule has 0 aromatic carbocycles. The SMILES string of the molecule is CCC(N)C(=O)N1CCNCC1. The van der Waals surface area contributed by atoms with Crippen molar-refractivity contribution >= 4 is 5.91 Å². The number of hydrogen-bond donors (Lipinski definition) is 2. The van der Waals surface area contributed by atoms with Crippen LogP contribution in [0.15, 0.2) is 0 Å². The highest BCUT2D eigenvalue weighted by molar-refractivity contribution is 5.81. The normalized spacial score (nSPS) is 20.7. The topological polar surface area (TPSA) is 58.4 Å². The lowest BCUT2D eigenvalue weighted by Crippen LogP contribution is -2.51. The number of amides is 1. The molecule has 0 aromatic rings. The first-order chi connectivity index (χ1) is 5.75. The van der Waals surface area contributed by atoms with Gasteiger partial charge in [0.05, 0.1) is 6.04 Å². The molecule has 0 aromatic heterocycles. The van der Waals surface area contributed by atoms with Crippen LogP contribution < -0.4 is 11.1 Å². The molecule has 1 heterocycles. The maximum absolute atomic E-state index is 11.5. The highest BCUT2D eigenvalue weighted by Gasteiger charge is 2.20. The summed E-state index contributed by atoms with van der Waals surface area (Å²) < 4.78 is 0. The Morgan fingerprint density at radius 1 is 1.58 bits per heavy atom. The van der Waals surface area contributed by atoms with E-state index < -0.39 is 0 Å². The van der Waals surface area contributed by atoms with Crippen LogP contribution in [-0.2, 0) is 4.79 Å². The molecule has 1 unspecified atom stereocenters. The number of carbonyl (C=O) groups excluding carboxylic acids is 1. The van der Waals surface area contributed by atoms with E-state index in [-0.39, 0.29) is 11.9 Å². The number of rotatable bonds is 2. The lowest BCUT2D eigenvalue weighted by Gasteiger charge is -2.29. The van der Waals surface area contributed by atoms with Crippen LogP contribution in [0.25, 0.3) is 0 Å². The Bertz CT molecular complexity index is 154. The van der Waals surface area contributed by atoms with E-state index in [4.69, 9.17) is 5.73 Å². The largest absolute Gasteiger partial charge is 0.339 e. The molecule has 1 amide bonds. The van der Waals surface area contributed by atoms with Crippen LogP contribution in [0.2, 0.25) is 0 Å². The zero-order valence-electron chi connectivity index (χ0n) is 7.55. The van der Waals surface area contributed by atoms with Crippen LogP contribution in [0.3, 0.4) is 0 Å². The molecule has 1 aliphatic heterocycles. The maximum atomic E-state index is 11.5. The predicted octanol–water partition coefficient (Wildman–Crippen LogP) is -0.844. The van der Waals surface area contributed by atoms with Crippen molar-refractivity contribution in [2.45, 2.75) is 19.4 Å². The summed E-state index contributed by atoms with van der Waals surface area (Å²) in [4.78, 5) is 13.3. The molecule has 0 saturated carbocycles. The van der Waals surface area contributed by atoms with Crippen molar-refractivity contribution in [1.82, 2.24) is 10.2 Å². The third kappa shape index (κ3) is 2.19. The van der Waals surface area contributed by atoms with Gasteiger partial charge in [0.15, 0.2) is 0 Å². The molecule has 0 spiro atoms. The minimum atomic E-state index is -0.303. The lowest BCUT2D eigenvalue weighted by atomic mass is 10.2. The highest BCUT2D eigenvalue weighted by atomic mass is 16.2. The fraction of sp³-hybridized carbons (Fsp3) is 0.875. The Morgan fingerprint density at radius 3 is 2.67 bits per heavy atom. The average molecular weight is 171 g/mol. The second-order valence-electron chi connectivity index (χ2n) is 3.09. The third-order valence-electron chi connectivity index (χ3n) is 2.19. The Balaban J connectivity index is 2.39. The number of hydrogen-bond acceptors (Lipinski definition) is 3. The third-order valence-corrected chi connectivity index (χ3v) is 2.19. The molecular weight excluding hydrogens is 154 g/mol. The van der Waals surface area contributed by atoms with Crippen molar-refractivity contribution in [3.05, 3.63) is 0 Å². The smallest absolute Gasteiger partial charge is 0.239 e. The van der Waals surface area contributed by atoms with Gasteiger partial charge in [-0.2, -0.15) is 0 Å². The van der Waals surface area contributed by atoms with E-state index in [2.05, 4.69) is 5.32 Å². The van der Waals surface area contributed by atoms with Crippen LogP contribution in [0.4, 0.5) is 0 Å². The van der Waals surface area contributed by atoms with Gasteiger partial charge in [-0.3, -0.25) is 4.79 Å². The number of nitrogens with zero attached hydrogens (tertiary/aromatic N) is 1. The summed E-state index contributed by atoms with van der Waals surface area (Å²) in [6.07, 6.45) is 0.725. The first kappa shape index (κ1) is 9.48. The van der Waals surface area contributed by atoms with E-state index in [1.165, 1.54) is 0 Å². The molecule has 0 radical (unpaired) electrons. The van der Waals surface area contributed by atoms with Crippen LogP contribution in [0, 0.1) is 0 Å². The van der Waals surface area contributed by atoms with E-state index >= 15 is 0 Å². The number of nitrogens with two attached hydrogens (primary N) is 1. The Labute approximate surface area is 73.1 Å². The second kappa shape index (κ2) is 4.42. The average Bonchev–Trinajstić information content (AvgIpc) is 2.17. The fourth-order valence-corrected chi connectivity index (χ4v) is 1.29. The summed E-state index contributed by atoms with van der Waals surface area (Å²) in [7, 11) is 0. The van der Waals surface area contributed by atoms with Crippen molar-refractivity contribution in [3.63, 3.8) is 0 Å². The van der Waals surface area contributed by atoms with E-state index in [1.807, 2.05) is 11.8 Å². The van der Waals surface area contributed by atoms with Gasteiger partial charge in [-0.25, -0.2) is 0 Å². The van der Waals surface area contributed by atoms with Crippen LogP contribution in [0.5, 0.6) is 0 Å². The molecule has 0 bridgehead atoms. The van der Waals surface area contributed by atoms with Gasteiger partial charge in [-0.15, -0.1) is 0 Å². The molecule has 1 saturated heterocycles. The predicted molar refractivity (Wildman–Crippen MR) is 47.7 cm³/mol. The van der Waals surface area contributed by atoms with E-state index in [0.29, 0.717) is 0 Å². The molecule has 4 nitrogen and oxygen atoms in total. The molecule has 1 rings (SSSR count). The van der Waals surface area contributed by atoms with Crippen molar-refractivity contribution in [2.24, 2.45) is 5.73 Å². The summed E-state index contributed by atoms with van der Waals surface area (Å²) in [6.45, 7) is 5.31. The van der Waals surface area contributed by atoms with E-state index in [9.17, 15) is 4.79 Å². The van der Waals surface area contributed by atoms with Gasteiger partial charge in [0, 0.05) is 26.2 Å². The van der Waals surface area contributed by atoms with Gasteiger partial charge >= 0.3 is 0 Å². The number of piperazine rings is 1. The number of nitrogens with one attached hydrogen (secondary N) is 1. The maximum Gasteiger partial charge on any atom is 0.239 e. The second-order valence-corrected chi connectivity index (χ2v) is 3.09. The summed E-state index contributed by atoms with van der Waals surface area (Å²) in [6, 6.07) is -0.303. The Hall–Kier alpha value is -0.610. The van der Waals surface area contributed by atoms with E-state index in [1.54, 1.807) is 0 Å². The highest BCUT2D eigenvalue weighted by Crippen LogP contribution is 1.98. The summed E-state index contributed by atoms with van der Waals surface area (Å²) >= 11 is 0. The monoisotopic (exact) mass is 171 g/mol. The van der Waals surface area contributed by atoms with Gasteiger partial charge in [-0.1, -0.05) is 6.92 Å². The van der Waals surface area contributed by atoms with Gasteiger partial charge < -0.3 is 16.0 Å². The van der Waals surface area contributed by atoms with Gasteiger partial charge in [0.1, 0.15) is 0 Å². The molecule has 1 atom stereocenters. The minimum Gasteiger partial charge on any atom is -0.339 e. The molecule has 4 heteroatoms. The molecule has 1 fully saturated rings. The van der Waals surface area contributed by atoms with Crippen molar-refractivity contribution < 1.29 is 4.79 Å². The summed E-state index contributed by atoms with van der Waals surface area (Å²) in [5.74, 6) is 0.0963. The molecule has 3 N–H and O–H groups in total. The van der Waals surface area contributed by atoms with E-state index in [0.717, 1.165) is 32.6 Å². The van der Waals surface area contributed by atoms with Gasteiger partial charge in [0.25, 0.3) is 0 Å². The number of carbonyl (C=O) groups is 1. The lowest BCUT2D eigenvalue weighted by molar-refractivity contribution is -0.133.